The predicted octanol–water partition coefficient (Wildman–Crippen LogP) is 3.17. The normalized spacial score (nSPS) is 24.7. The Kier molecular flexibility index (Phi) is 7.39. The molecule has 178 valence electrons. The maximum Gasteiger partial charge on any atom is 0.154 e. The lowest BCUT2D eigenvalue weighted by Gasteiger charge is -2.42. The molecule has 1 aliphatic heterocycles. The third-order valence-corrected chi connectivity index (χ3v) is 7.00. The van der Waals surface area contributed by atoms with E-state index >= 15 is 0 Å². The maximum atomic E-state index is 13.9. The number of ether oxygens (including phenoxy) is 1. The fourth-order valence-electron chi connectivity index (χ4n) is 3.57. The third kappa shape index (κ3) is 4.76. The zero-order valence-corrected chi connectivity index (χ0v) is 19.3. The molecular formula is C21H16Cl2F2N4O4S. The molecule has 4 rings (SSSR count). The SMILES string of the molecule is N#Cc1ncc(Cl)cc1S[C@H]1O[C@H](CO)[C@H](O)[C@H](n2cc(-c3cc(F)c(Cl)c(F)c3)cn2)[C@H]1O. The Morgan fingerprint density at radius 1 is 1.12 bits per heavy atom. The number of aliphatic hydroxyl groups is 3. The molecule has 0 radical (unpaired) electrons. The first-order chi connectivity index (χ1) is 16.2. The lowest BCUT2D eigenvalue weighted by atomic mass is 9.97. The summed E-state index contributed by atoms with van der Waals surface area (Å²) >= 11 is 12.5. The van der Waals surface area contributed by atoms with Crippen LogP contribution in [0.4, 0.5) is 8.78 Å². The van der Waals surface area contributed by atoms with E-state index in [1.165, 1.54) is 29.3 Å². The summed E-state index contributed by atoms with van der Waals surface area (Å²) in [4.78, 5) is 4.27. The predicted molar refractivity (Wildman–Crippen MR) is 119 cm³/mol. The second-order valence-corrected chi connectivity index (χ2v) is 9.34. The summed E-state index contributed by atoms with van der Waals surface area (Å²) in [6.07, 6.45) is 0.154. The highest BCUT2D eigenvalue weighted by Crippen LogP contribution is 2.39. The molecule has 1 saturated heterocycles. The van der Waals surface area contributed by atoms with Gasteiger partial charge in [-0.1, -0.05) is 35.0 Å². The van der Waals surface area contributed by atoms with Crippen molar-refractivity contribution < 1.29 is 28.8 Å². The van der Waals surface area contributed by atoms with Crippen LogP contribution in [0.15, 0.2) is 41.7 Å². The quantitative estimate of drug-likeness (QED) is 0.431. The summed E-state index contributed by atoms with van der Waals surface area (Å²) in [5.74, 6) is -1.90. The van der Waals surface area contributed by atoms with Crippen LogP contribution in [-0.4, -0.2) is 60.4 Å². The number of hydrogen-bond donors (Lipinski definition) is 3. The van der Waals surface area contributed by atoms with E-state index in [4.69, 9.17) is 27.9 Å². The highest BCUT2D eigenvalue weighted by atomic mass is 35.5. The van der Waals surface area contributed by atoms with Crippen LogP contribution in [0.25, 0.3) is 11.1 Å². The number of nitriles is 1. The first kappa shape index (κ1) is 24.8. The van der Waals surface area contributed by atoms with E-state index in [0.717, 1.165) is 23.9 Å². The van der Waals surface area contributed by atoms with Crippen LogP contribution in [0.2, 0.25) is 10.0 Å². The van der Waals surface area contributed by atoms with Crippen molar-refractivity contribution in [1.29, 1.82) is 5.26 Å². The maximum absolute atomic E-state index is 13.9. The van der Waals surface area contributed by atoms with Crippen molar-refractivity contribution in [2.45, 2.75) is 34.7 Å². The highest BCUT2D eigenvalue weighted by Gasteiger charge is 2.46. The van der Waals surface area contributed by atoms with Crippen LogP contribution in [0.5, 0.6) is 0 Å². The van der Waals surface area contributed by atoms with Crippen LogP contribution in [0.3, 0.4) is 0 Å². The van der Waals surface area contributed by atoms with Crippen LogP contribution >= 0.6 is 35.0 Å². The topological polar surface area (TPSA) is 124 Å². The zero-order valence-electron chi connectivity index (χ0n) is 17.0. The molecule has 34 heavy (non-hydrogen) atoms. The van der Waals surface area contributed by atoms with E-state index in [0.29, 0.717) is 10.5 Å². The minimum absolute atomic E-state index is 0.0570. The van der Waals surface area contributed by atoms with Gasteiger partial charge in [0.15, 0.2) is 5.69 Å². The first-order valence-corrected chi connectivity index (χ1v) is 11.4. The molecule has 3 heterocycles. The van der Waals surface area contributed by atoms with E-state index < -0.39 is 53.1 Å². The molecule has 5 atom stereocenters. The van der Waals surface area contributed by atoms with Crippen molar-refractivity contribution in [2.75, 3.05) is 6.61 Å². The van der Waals surface area contributed by atoms with Gasteiger partial charge in [-0.15, -0.1) is 0 Å². The van der Waals surface area contributed by atoms with Crippen LogP contribution in [0, 0.1) is 23.0 Å². The molecule has 3 aromatic rings. The molecule has 0 amide bonds. The number of aromatic nitrogens is 3. The number of halogens is 4. The van der Waals surface area contributed by atoms with E-state index in [-0.39, 0.29) is 16.3 Å². The number of thioether (sulfide) groups is 1. The fourth-order valence-corrected chi connectivity index (χ4v) is 5.06. The first-order valence-electron chi connectivity index (χ1n) is 9.77. The van der Waals surface area contributed by atoms with Crippen molar-refractivity contribution in [3.8, 4) is 17.2 Å². The standard InChI is InChI=1S/C21H16Cl2F2N4O4S/c22-11-3-16(14(4-26)27-6-11)34-21-20(32)18(19(31)15(8-30)33-21)29-7-10(5-28-29)9-1-12(24)17(23)13(25)2-9/h1-3,5-7,15,18-21,30-32H,8H2/t15-,18+,19+,20-,21-/m1/s1. The number of nitrogens with zero attached hydrogens (tertiary/aromatic N) is 4. The van der Waals surface area contributed by atoms with Gasteiger partial charge >= 0.3 is 0 Å². The number of aliphatic hydroxyl groups excluding tert-OH is 3. The molecule has 13 heteroatoms. The number of pyridine rings is 1. The molecule has 1 fully saturated rings. The molecular weight excluding hydrogens is 513 g/mol. The molecule has 1 aromatic carbocycles. The van der Waals surface area contributed by atoms with Crippen molar-refractivity contribution in [3.05, 3.63) is 64.2 Å². The Hall–Kier alpha value is -2.30. The molecule has 0 aliphatic carbocycles. The Bertz CT molecular complexity index is 1230. The van der Waals surface area contributed by atoms with Crippen molar-refractivity contribution >= 4 is 35.0 Å². The summed E-state index contributed by atoms with van der Waals surface area (Å²) < 4.78 is 34.7. The van der Waals surface area contributed by atoms with Crippen molar-refractivity contribution in [3.63, 3.8) is 0 Å². The lowest BCUT2D eigenvalue weighted by molar-refractivity contribution is -0.178. The summed E-state index contributed by atoms with van der Waals surface area (Å²) in [6.45, 7) is -0.567. The Morgan fingerprint density at radius 2 is 1.82 bits per heavy atom. The van der Waals surface area contributed by atoms with Crippen molar-refractivity contribution in [1.82, 2.24) is 14.8 Å². The molecule has 8 nitrogen and oxygen atoms in total. The number of hydrogen-bond acceptors (Lipinski definition) is 8. The van der Waals surface area contributed by atoms with Gasteiger partial charge in [-0.05, 0) is 23.8 Å². The van der Waals surface area contributed by atoms with Gasteiger partial charge in [0.05, 0.1) is 17.8 Å². The average molecular weight is 529 g/mol. The minimum Gasteiger partial charge on any atom is -0.394 e. The molecule has 0 bridgehead atoms. The summed E-state index contributed by atoms with van der Waals surface area (Å²) in [6, 6.07) is 4.38. The van der Waals surface area contributed by atoms with Gasteiger partial charge in [-0.2, -0.15) is 10.4 Å². The molecule has 0 unspecified atom stereocenters. The largest absolute Gasteiger partial charge is 0.394 e. The van der Waals surface area contributed by atoms with E-state index in [2.05, 4.69) is 10.1 Å². The van der Waals surface area contributed by atoms with Gasteiger partial charge in [0.2, 0.25) is 0 Å². The van der Waals surface area contributed by atoms with Crippen LogP contribution in [0.1, 0.15) is 11.7 Å². The van der Waals surface area contributed by atoms with Gasteiger partial charge in [-0.3, -0.25) is 4.68 Å². The van der Waals surface area contributed by atoms with E-state index in [1.54, 1.807) is 0 Å². The molecule has 0 spiro atoms. The lowest BCUT2D eigenvalue weighted by Crippen LogP contribution is -2.55. The summed E-state index contributed by atoms with van der Waals surface area (Å²) in [7, 11) is 0. The van der Waals surface area contributed by atoms with Gasteiger partial charge in [0.25, 0.3) is 0 Å². The summed E-state index contributed by atoms with van der Waals surface area (Å²) in [5, 5.41) is 44.6. The zero-order chi connectivity index (χ0) is 24.6. The molecule has 3 N–H and O–H groups in total. The monoisotopic (exact) mass is 528 g/mol. The molecule has 1 aliphatic rings. The second-order valence-electron chi connectivity index (χ2n) is 7.39. The number of rotatable bonds is 5. The van der Waals surface area contributed by atoms with Crippen molar-refractivity contribution in [2.24, 2.45) is 0 Å². The minimum atomic E-state index is -1.38. The Morgan fingerprint density at radius 3 is 2.47 bits per heavy atom. The highest BCUT2D eigenvalue weighted by molar-refractivity contribution is 7.99. The fraction of sp³-hybridized carbons (Fsp3) is 0.286. The van der Waals surface area contributed by atoms with E-state index in [1.807, 2.05) is 6.07 Å². The average Bonchev–Trinajstić information content (AvgIpc) is 3.29. The van der Waals surface area contributed by atoms with Crippen LogP contribution < -0.4 is 0 Å². The van der Waals surface area contributed by atoms with Gasteiger partial charge in [0, 0.05) is 22.9 Å². The Balaban J connectivity index is 1.66. The summed E-state index contributed by atoms with van der Waals surface area (Å²) in [5.41, 5.74) is -0.538. The number of benzene rings is 1. The van der Waals surface area contributed by atoms with E-state index in [9.17, 15) is 29.4 Å². The second kappa shape index (κ2) is 10.1. The van der Waals surface area contributed by atoms with Gasteiger partial charge in [0.1, 0.15) is 52.5 Å². The third-order valence-electron chi connectivity index (χ3n) is 5.24. The van der Waals surface area contributed by atoms with Gasteiger partial charge < -0.3 is 20.1 Å². The molecule has 2 aromatic heterocycles. The van der Waals surface area contributed by atoms with Gasteiger partial charge in [-0.25, -0.2) is 13.8 Å². The van der Waals surface area contributed by atoms with Crippen LogP contribution in [-0.2, 0) is 4.74 Å². The Labute approximate surface area is 206 Å². The smallest absolute Gasteiger partial charge is 0.154 e. The molecule has 0 saturated carbocycles.